The predicted octanol–water partition coefficient (Wildman–Crippen LogP) is 2.85. The third kappa shape index (κ3) is 4.10. The van der Waals surface area contributed by atoms with Gasteiger partial charge in [0.2, 0.25) is 10.0 Å². The molecule has 0 aromatic heterocycles. The molecule has 21 heavy (non-hydrogen) atoms. The lowest BCUT2D eigenvalue weighted by atomic mass is 10.1. The van der Waals surface area contributed by atoms with Gasteiger partial charge >= 0.3 is 6.18 Å². The van der Waals surface area contributed by atoms with Crippen molar-refractivity contribution in [2.45, 2.75) is 38.3 Å². The fourth-order valence-corrected chi connectivity index (χ4v) is 4.08. The fraction of sp³-hybridized carbons (Fsp3) is 0.538. The molecule has 0 aliphatic rings. The average Bonchev–Trinajstić information content (AvgIpc) is 2.32. The Hall–Kier alpha value is -1.28. The second-order valence-corrected chi connectivity index (χ2v) is 6.75. The smallest absolute Gasteiger partial charge is 0.398 e. The highest BCUT2D eigenvalue weighted by Gasteiger charge is 2.37. The van der Waals surface area contributed by atoms with E-state index in [2.05, 4.69) is 0 Å². The maximum absolute atomic E-state index is 12.6. The van der Waals surface area contributed by atoms with Gasteiger partial charge in [-0.05, 0) is 37.5 Å². The van der Waals surface area contributed by atoms with Gasteiger partial charge in [-0.3, -0.25) is 0 Å². The first kappa shape index (κ1) is 17.8. The van der Waals surface area contributed by atoms with Crippen molar-refractivity contribution in [3.05, 3.63) is 23.3 Å². The number of anilines is 1. The van der Waals surface area contributed by atoms with Gasteiger partial charge in [-0.25, -0.2) is 8.42 Å². The first-order valence-corrected chi connectivity index (χ1v) is 7.87. The SMILES string of the molecule is CCCN(CC(F)(F)F)S(=O)(=O)c1c(C)ccc(N)c1C. The van der Waals surface area contributed by atoms with E-state index in [0.717, 1.165) is 0 Å². The number of aryl methyl sites for hydroxylation is 1. The largest absolute Gasteiger partial charge is 0.402 e. The summed E-state index contributed by atoms with van der Waals surface area (Å²) in [6, 6.07) is 3.03. The van der Waals surface area contributed by atoms with Gasteiger partial charge in [0.15, 0.2) is 0 Å². The van der Waals surface area contributed by atoms with Crippen molar-refractivity contribution in [3.8, 4) is 0 Å². The van der Waals surface area contributed by atoms with Crippen LogP contribution in [0.3, 0.4) is 0 Å². The van der Waals surface area contributed by atoms with Crippen molar-refractivity contribution in [2.75, 3.05) is 18.8 Å². The second-order valence-electron chi connectivity index (χ2n) is 4.88. The predicted molar refractivity (Wildman–Crippen MR) is 75.4 cm³/mol. The molecule has 0 spiro atoms. The quantitative estimate of drug-likeness (QED) is 0.847. The van der Waals surface area contributed by atoms with Crippen molar-refractivity contribution in [3.63, 3.8) is 0 Å². The Kier molecular flexibility index (Phi) is 5.27. The summed E-state index contributed by atoms with van der Waals surface area (Å²) in [6.07, 6.45) is -4.31. The minimum atomic E-state index is -4.59. The first-order chi connectivity index (χ1) is 9.50. The Labute approximate surface area is 122 Å². The highest BCUT2D eigenvalue weighted by atomic mass is 32.2. The van der Waals surface area contributed by atoms with Gasteiger partial charge in [-0.15, -0.1) is 0 Å². The summed E-state index contributed by atoms with van der Waals surface area (Å²) in [5.74, 6) is 0. The zero-order valence-electron chi connectivity index (χ0n) is 12.2. The van der Waals surface area contributed by atoms with Crippen LogP contribution >= 0.6 is 0 Å². The highest BCUT2D eigenvalue weighted by molar-refractivity contribution is 7.89. The molecule has 0 saturated carbocycles. The molecule has 4 nitrogen and oxygen atoms in total. The first-order valence-electron chi connectivity index (χ1n) is 6.43. The Morgan fingerprint density at radius 1 is 1.24 bits per heavy atom. The average molecular weight is 324 g/mol. The molecule has 0 fully saturated rings. The number of sulfonamides is 1. The molecule has 1 aromatic rings. The van der Waals surface area contributed by atoms with Crippen molar-refractivity contribution in [2.24, 2.45) is 0 Å². The minimum absolute atomic E-state index is 0.139. The van der Waals surface area contributed by atoms with Crippen LogP contribution in [0, 0.1) is 13.8 Å². The maximum atomic E-state index is 12.6. The molecule has 0 amide bonds. The number of hydrogen-bond donors (Lipinski definition) is 1. The molecule has 0 unspecified atom stereocenters. The molecule has 120 valence electrons. The lowest BCUT2D eigenvalue weighted by molar-refractivity contribution is -0.136. The van der Waals surface area contributed by atoms with Gasteiger partial charge < -0.3 is 5.73 Å². The number of rotatable bonds is 5. The number of alkyl halides is 3. The molecule has 8 heteroatoms. The second kappa shape index (κ2) is 6.23. The van der Waals surface area contributed by atoms with E-state index in [1.54, 1.807) is 6.92 Å². The summed E-state index contributed by atoms with van der Waals surface area (Å²) in [5.41, 5.74) is 6.58. The van der Waals surface area contributed by atoms with E-state index in [1.165, 1.54) is 26.0 Å². The van der Waals surface area contributed by atoms with Crippen LogP contribution in [0.1, 0.15) is 24.5 Å². The summed E-state index contributed by atoms with van der Waals surface area (Å²) in [4.78, 5) is -0.139. The third-order valence-corrected chi connectivity index (χ3v) is 5.21. The zero-order chi connectivity index (χ0) is 16.4. The lowest BCUT2D eigenvalue weighted by Gasteiger charge is -2.25. The Bertz CT molecular complexity index is 613. The van der Waals surface area contributed by atoms with Crippen molar-refractivity contribution in [1.82, 2.24) is 4.31 Å². The summed E-state index contributed by atoms with van der Waals surface area (Å²) in [5, 5.41) is 0. The van der Waals surface area contributed by atoms with Crippen LogP contribution in [0.4, 0.5) is 18.9 Å². The molecule has 0 atom stereocenters. The summed E-state index contributed by atoms with van der Waals surface area (Å²) in [6.45, 7) is 2.95. The molecule has 0 heterocycles. The highest BCUT2D eigenvalue weighted by Crippen LogP contribution is 2.29. The van der Waals surface area contributed by atoms with Crippen LogP contribution < -0.4 is 5.73 Å². The number of benzene rings is 1. The molecule has 0 bridgehead atoms. The fourth-order valence-electron chi connectivity index (χ4n) is 2.10. The molecular formula is C13H19F3N2O2S. The molecular weight excluding hydrogens is 305 g/mol. The maximum Gasteiger partial charge on any atom is 0.402 e. The topological polar surface area (TPSA) is 63.4 Å². The monoisotopic (exact) mass is 324 g/mol. The molecule has 0 aliphatic carbocycles. The van der Waals surface area contributed by atoms with E-state index in [1.807, 2.05) is 0 Å². The van der Waals surface area contributed by atoms with E-state index in [0.29, 0.717) is 9.87 Å². The molecule has 1 aromatic carbocycles. The van der Waals surface area contributed by atoms with Gasteiger partial charge in [-0.1, -0.05) is 13.0 Å². The minimum Gasteiger partial charge on any atom is -0.398 e. The molecule has 0 radical (unpaired) electrons. The number of hydrogen-bond acceptors (Lipinski definition) is 3. The van der Waals surface area contributed by atoms with E-state index in [9.17, 15) is 21.6 Å². The number of halogens is 3. The number of nitrogens with two attached hydrogens (primary N) is 1. The lowest BCUT2D eigenvalue weighted by Crippen LogP contribution is -2.40. The summed E-state index contributed by atoms with van der Waals surface area (Å²) in [7, 11) is -4.25. The van der Waals surface area contributed by atoms with Crippen molar-refractivity contribution in [1.29, 1.82) is 0 Å². The van der Waals surface area contributed by atoms with Crippen LogP contribution in [-0.2, 0) is 10.0 Å². The van der Waals surface area contributed by atoms with Crippen LogP contribution in [0.5, 0.6) is 0 Å². The van der Waals surface area contributed by atoms with Gasteiger partial charge in [0, 0.05) is 12.2 Å². The van der Waals surface area contributed by atoms with Gasteiger partial charge in [0.25, 0.3) is 0 Å². The molecule has 0 saturated heterocycles. The number of nitrogens with zero attached hydrogens (tertiary/aromatic N) is 1. The van der Waals surface area contributed by atoms with Crippen molar-refractivity contribution < 1.29 is 21.6 Å². The van der Waals surface area contributed by atoms with Gasteiger partial charge in [-0.2, -0.15) is 17.5 Å². The van der Waals surface area contributed by atoms with E-state index in [-0.39, 0.29) is 29.1 Å². The van der Waals surface area contributed by atoms with Crippen LogP contribution in [0.25, 0.3) is 0 Å². The van der Waals surface area contributed by atoms with Crippen molar-refractivity contribution >= 4 is 15.7 Å². The Balaban J connectivity index is 3.40. The molecule has 0 aliphatic heterocycles. The normalized spacial score (nSPS) is 12.9. The molecule has 1 rings (SSSR count). The summed E-state index contributed by atoms with van der Waals surface area (Å²) < 4.78 is 63.5. The standard InChI is InChI=1S/C13H19F3N2O2S/c1-4-7-18(8-13(14,15)16)21(19,20)12-9(2)5-6-11(17)10(12)3/h5-6H,4,7-8,17H2,1-3H3. The van der Waals surface area contributed by atoms with Crippen LogP contribution in [-0.4, -0.2) is 32.0 Å². The zero-order valence-corrected chi connectivity index (χ0v) is 13.0. The van der Waals surface area contributed by atoms with Gasteiger partial charge in [0.05, 0.1) is 4.90 Å². The van der Waals surface area contributed by atoms with E-state index >= 15 is 0 Å². The van der Waals surface area contributed by atoms with Gasteiger partial charge in [0.1, 0.15) is 6.54 Å². The van der Waals surface area contributed by atoms with Crippen LogP contribution in [0.2, 0.25) is 0 Å². The van der Waals surface area contributed by atoms with E-state index in [4.69, 9.17) is 5.73 Å². The van der Waals surface area contributed by atoms with Crippen LogP contribution in [0.15, 0.2) is 17.0 Å². The third-order valence-electron chi connectivity index (χ3n) is 3.07. The van der Waals surface area contributed by atoms with E-state index < -0.39 is 22.7 Å². The summed E-state index contributed by atoms with van der Waals surface area (Å²) >= 11 is 0. The Morgan fingerprint density at radius 3 is 2.29 bits per heavy atom. The number of nitrogen functional groups attached to an aromatic ring is 1. The Morgan fingerprint density at radius 2 is 1.81 bits per heavy atom. The molecule has 2 N–H and O–H groups in total.